The number of carboxylic acid groups (broad SMARTS) is 1. The number of hydrogen-bond donors (Lipinski definition) is 1. The van der Waals surface area contributed by atoms with E-state index in [0.29, 0.717) is 17.8 Å². The Balaban J connectivity index is 1.81. The van der Waals surface area contributed by atoms with Gasteiger partial charge >= 0.3 is 5.97 Å². The maximum absolute atomic E-state index is 12.6. The predicted octanol–water partition coefficient (Wildman–Crippen LogP) is 2.04. The molecular formula is C16H16N2O4S. The molecule has 0 aliphatic carbocycles. The van der Waals surface area contributed by atoms with Crippen LogP contribution in [0.4, 0.5) is 0 Å². The van der Waals surface area contributed by atoms with Gasteiger partial charge in [0.15, 0.2) is 6.10 Å². The topological polar surface area (TPSA) is 79.7 Å². The Hall–Kier alpha value is -2.25. The van der Waals surface area contributed by atoms with Crippen LogP contribution < -0.4 is 0 Å². The highest BCUT2D eigenvalue weighted by Crippen LogP contribution is 2.22. The molecule has 6 nitrogen and oxygen atoms in total. The van der Waals surface area contributed by atoms with E-state index >= 15 is 0 Å². The number of nitrogens with zero attached hydrogens (tertiary/aromatic N) is 2. The lowest BCUT2D eigenvalue weighted by atomic mass is 10.1. The van der Waals surface area contributed by atoms with Crippen molar-refractivity contribution in [1.82, 2.24) is 9.88 Å². The van der Waals surface area contributed by atoms with E-state index in [1.165, 1.54) is 4.90 Å². The van der Waals surface area contributed by atoms with Gasteiger partial charge in [-0.15, -0.1) is 0 Å². The SMILES string of the molecule is Cc1nc(-c2ccsc2)ccc1C(=O)N1CCO[C@@H](C(=O)O)C1. The zero-order chi connectivity index (χ0) is 16.4. The van der Waals surface area contributed by atoms with Crippen molar-refractivity contribution in [2.75, 3.05) is 19.7 Å². The lowest BCUT2D eigenvalue weighted by Gasteiger charge is -2.31. The normalized spacial score (nSPS) is 18.0. The van der Waals surface area contributed by atoms with Crippen LogP contribution in [0.2, 0.25) is 0 Å². The Morgan fingerprint density at radius 3 is 2.87 bits per heavy atom. The molecule has 0 aromatic carbocycles. The Bertz CT molecular complexity index is 730. The number of amides is 1. The summed E-state index contributed by atoms with van der Waals surface area (Å²) in [6, 6.07) is 5.55. The molecule has 0 radical (unpaired) electrons. The Morgan fingerprint density at radius 2 is 2.22 bits per heavy atom. The number of carbonyl (C=O) groups excluding carboxylic acids is 1. The molecule has 0 spiro atoms. The van der Waals surface area contributed by atoms with E-state index in [4.69, 9.17) is 9.84 Å². The van der Waals surface area contributed by atoms with Gasteiger partial charge in [0.1, 0.15) is 0 Å². The van der Waals surface area contributed by atoms with Crippen LogP contribution in [-0.4, -0.2) is 52.7 Å². The molecule has 1 amide bonds. The van der Waals surface area contributed by atoms with Crippen LogP contribution in [0.15, 0.2) is 29.0 Å². The molecule has 1 atom stereocenters. The number of thiophene rings is 1. The molecule has 2 aromatic rings. The van der Waals surface area contributed by atoms with Gasteiger partial charge in [0.2, 0.25) is 0 Å². The van der Waals surface area contributed by atoms with Crippen molar-refractivity contribution in [2.45, 2.75) is 13.0 Å². The maximum atomic E-state index is 12.6. The van der Waals surface area contributed by atoms with Crippen LogP contribution in [0, 0.1) is 6.92 Å². The minimum Gasteiger partial charge on any atom is -0.479 e. The molecule has 1 saturated heterocycles. The second-order valence-electron chi connectivity index (χ2n) is 5.29. The van der Waals surface area contributed by atoms with E-state index in [1.807, 2.05) is 22.9 Å². The summed E-state index contributed by atoms with van der Waals surface area (Å²) in [4.78, 5) is 29.7. The highest BCUT2D eigenvalue weighted by Gasteiger charge is 2.30. The number of hydrogen-bond acceptors (Lipinski definition) is 5. The summed E-state index contributed by atoms with van der Waals surface area (Å²) in [6.45, 7) is 2.45. The minimum atomic E-state index is -1.05. The molecule has 1 aliphatic heterocycles. The van der Waals surface area contributed by atoms with E-state index in [2.05, 4.69) is 4.98 Å². The average molecular weight is 332 g/mol. The highest BCUT2D eigenvalue weighted by atomic mass is 32.1. The molecule has 0 saturated carbocycles. The van der Waals surface area contributed by atoms with Crippen molar-refractivity contribution in [3.63, 3.8) is 0 Å². The van der Waals surface area contributed by atoms with Crippen molar-refractivity contribution in [1.29, 1.82) is 0 Å². The van der Waals surface area contributed by atoms with Crippen molar-refractivity contribution >= 4 is 23.2 Å². The second kappa shape index (κ2) is 6.47. The first-order chi connectivity index (χ1) is 11.1. The monoisotopic (exact) mass is 332 g/mol. The fraction of sp³-hybridized carbons (Fsp3) is 0.312. The molecule has 120 valence electrons. The number of carbonyl (C=O) groups is 2. The third kappa shape index (κ3) is 3.25. The van der Waals surface area contributed by atoms with Gasteiger partial charge in [-0.2, -0.15) is 11.3 Å². The van der Waals surface area contributed by atoms with Crippen LogP contribution in [0.1, 0.15) is 16.1 Å². The summed E-state index contributed by atoms with van der Waals surface area (Å²) in [5, 5.41) is 13.0. The number of ether oxygens (including phenoxy) is 1. The van der Waals surface area contributed by atoms with Gasteiger partial charge in [-0.05, 0) is 30.5 Å². The van der Waals surface area contributed by atoms with E-state index in [9.17, 15) is 9.59 Å². The zero-order valence-electron chi connectivity index (χ0n) is 12.6. The summed E-state index contributed by atoms with van der Waals surface area (Å²) in [6.07, 6.45) is -0.967. The largest absolute Gasteiger partial charge is 0.479 e. The third-order valence-electron chi connectivity index (χ3n) is 3.76. The third-order valence-corrected chi connectivity index (χ3v) is 4.45. The number of morpholine rings is 1. The van der Waals surface area contributed by atoms with Gasteiger partial charge in [0.25, 0.3) is 5.91 Å². The standard InChI is InChI=1S/C16H16N2O4S/c1-10-12(2-3-13(17-10)11-4-7-23-9-11)15(19)18-5-6-22-14(8-18)16(20)21/h2-4,7,9,14H,5-6,8H2,1H3,(H,20,21)/t14-/m1/s1. The second-order valence-corrected chi connectivity index (χ2v) is 6.07. The van der Waals surface area contributed by atoms with Gasteiger partial charge in [0, 0.05) is 17.5 Å². The first kappa shape index (κ1) is 15.6. The van der Waals surface area contributed by atoms with Crippen molar-refractivity contribution in [3.05, 3.63) is 40.2 Å². The number of pyridine rings is 1. The predicted molar refractivity (Wildman–Crippen MR) is 85.6 cm³/mol. The Labute approximate surface area is 137 Å². The molecule has 1 N–H and O–H groups in total. The fourth-order valence-corrected chi connectivity index (χ4v) is 3.16. The van der Waals surface area contributed by atoms with Gasteiger partial charge in [-0.25, -0.2) is 4.79 Å². The van der Waals surface area contributed by atoms with E-state index in [0.717, 1.165) is 11.3 Å². The first-order valence-electron chi connectivity index (χ1n) is 7.20. The van der Waals surface area contributed by atoms with Crippen molar-refractivity contribution in [2.24, 2.45) is 0 Å². The van der Waals surface area contributed by atoms with Crippen LogP contribution in [0.3, 0.4) is 0 Å². The first-order valence-corrected chi connectivity index (χ1v) is 8.14. The molecule has 1 aliphatic rings. The van der Waals surface area contributed by atoms with Crippen molar-refractivity contribution in [3.8, 4) is 11.3 Å². The number of aliphatic carboxylic acids is 1. The van der Waals surface area contributed by atoms with E-state index in [-0.39, 0.29) is 19.1 Å². The quantitative estimate of drug-likeness (QED) is 0.930. The average Bonchev–Trinajstić information content (AvgIpc) is 3.08. The molecule has 0 bridgehead atoms. The van der Waals surface area contributed by atoms with Crippen LogP contribution in [0.5, 0.6) is 0 Å². The molecule has 3 heterocycles. The van der Waals surface area contributed by atoms with E-state index < -0.39 is 12.1 Å². The maximum Gasteiger partial charge on any atom is 0.334 e. The summed E-state index contributed by atoms with van der Waals surface area (Å²) in [5.41, 5.74) is 2.98. The molecule has 23 heavy (non-hydrogen) atoms. The van der Waals surface area contributed by atoms with Crippen LogP contribution >= 0.6 is 11.3 Å². The Kier molecular flexibility index (Phi) is 4.40. The van der Waals surface area contributed by atoms with Crippen LogP contribution in [0.25, 0.3) is 11.3 Å². The van der Waals surface area contributed by atoms with Crippen molar-refractivity contribution < 1.29 is 19.4 Å². The summed E-state index contributed by atoms with van der Waals surface area (Å²) in [7, 11) is 0. The zero-order valence-corrected chi connectivity index (χ0v) is 13.4. The number of carboxylic acids is 1. The molecular weight excluding hydrogens is 316 g/mol. The van der Waals surface area contributed by atoms with Crippen LogP contribution in [-0.2, 0) is 9.53 Å². The fourth-order valence-electron chi connectivity index (χ4n) is 2.51. The molecule has 3 rings (SSSR count). The van der Waals surface area contributed by atoms with Gasteiger partial charge < -0.3 is 14.7 Å². The van der Waals surface area contributed by atoms with E-state index in [1.54, 1.807) is 24.3 Å². The summed E-state index contributed by atoms with van der Waals surface area (Å²) >= 11 is 1.59. The van der Waals surface area contributed by atoms with Gasteiger partial charge in [-0.1, -0.05) is 0 Å². The highest BCUT2D eigenvalue weighted by molar-refractivity contribution is 7.08. The molecule has 1 fully saturated rings. The number of aryl methyl sites for hydroxylation is 1. The number of rotatable bonds is 3. The minimum absolute atomic E-state index is 0.0554. The Morgan fingerprint density at radius 1 is 1.39 bits per heavy atom. The lowest BCUT2D eigenvalue weighted by molar-refractivity contribution is -0.154. The summed E-state index contributed by atoms with van der Waals surface area (Å²) < 4.78 is 5.15. The molecule has 0 unspecified atom stereocenters. The van der Waals surface area contributed by atoms with Gasteiger partial charge in [0.05, 0.1) is 30.1 Å². The lowest BCUT2D eigenvalue weighted by Crippen LogP contribution is -2.48. The number of aromatic nitrogens is 1. The molecule has 7 heteroatoms. The summed E-state index contributed by atoms with van der Waals surface area (Å²) in [5.74, 6) is -1.26. The molecule has 2 aromatic heterocycles. The smallest absolute Gasteiger partial charge is 0.334 e. The van der Waals surface area contributed by atoms with Gasteiger partial charge in [-0.3, -0.25) is 9.78 Å².